The van der Waals surface area contributed by atoms with Crippen LogP contribution < -0.4 is 5.32 Å². The fraction of sp³-hybridized carbons (Fsp3) is 0.133. The Hall–Kier alpha value is -2.76. The van der Waals surface area contributed by atoms with E-state index in [1.165, 1.54) is 24.3 Å². The SMILES string of the molecule is Cc1cc(C(=O)Nc2ccc(C)c([N+](=O)[O-])c2)ccc1F. The third-order valence-electron chi connectivity index (χ3n) is 3.08. The summed E-state index contributed by atoms with van der Waals surface area (Å²) in [7, 11) is 0. The fourth-order valence-corrected chi connectivity index (χ4v) is 1.87. The summed E-state index contributed by atoms with van der Waals surface area (Å²) in [6.07, 6.45) is 0. The van der Waals surface area contributed by atoms with Gasteiger partial charge in [-0.15, -0.1) is 0 Å². The van der Waals surface area contributed by atoms with Crippen molar-refractivity contribution in [3.05, 3.63) is 69.0 Å². The van der Waals surface area contributed by atoms with Crippen molar-refractivity contribution in [2.45, 2.75) is 13.8 Å². The van der Waals surface area contributed by atoms with Crippen LogP contribution in [-0.4, -0.2) is 10.8 Å². The Labute approximate surface area is 120 Å². The number of nitro benzene ring substituents is 1. The Balaban J connectivity index is 2.25. The first kappa shape index (κ1) is 14.6. The molecule has 5 nitrogen and oxygen atoms in total. The average molecular weight is 288 g/mol. The van der Waals surface area contributed by atoms with Crippen LogP contribution in [0.5, 0.6) is 0 Å². The van der Waals surface area contributed by atoms with Gasteiger partial charge >= 0.3 is 0 Å². The summed E-state index contributed by atoms with van der Waals surface area (Å²) >= 11 is 0. The summed E-state index contributed by atoms with van der Waals surface area (Å²) in [6, 6.07) is 8.43. The van der Waals surface area contributed by atoms with Crippen LogP contribution in [-0.2, 0) is 0 Å². The van der Waals surface area contributed by atoms with E-state index in [1.807, 2.05) is 0 Å². The molecule has 0 heterocycles. The van der Waals surface area contributed by atoms with Crippen LogP contribution in [0.1, 0.15) is 21.5 Å². The van der Waals surface area contributed by atoms with E-state index in [2.05, 4.69) is 5.32 Å². The zero-order valence-corrected chi connectivity index (χ0v) is 11.5. The smallest absolute Gasteiger partial charge is 0.274 e. The molecule has 0 radical (unpaired) electrons. The number of hydrogen-bond donors (Lipinski definition) is 1. The van der Waals surface area contributed by atoms with Crippen molar-refractivity contribution in [1.29, 1.82) is 0 Å². The fourth-order valence-electron chi connectivity index (χ4n) is 1.87. The van der Waals surface area contributed by atoms with Gasteiger partial charge in [0.15, 0.2) is 0 Å². The number of nitrogens with one attached hydrogen (secondary N) is 1. The highest BCUT2D eigenvalue weighted by Gasteiger charge is 2.13. The predicted molar refractivity (Wildman–Crippen MR) is 76.9 cm³/mol. The van der Waals surface area contributed by atoms with Crippen molar-refractivity contribution in [1.82, 2.24) is 0 Å². The Morgan fingerprint density at radius 2 is 1.86 bits per heavy atom. The summed E-state index contributed by atoms with van der Waals surface area (Å²) in [6.45, 7) is 3.18. The van der Waals surface area contributed by atoms with E-state index in [4.69, 9.17) is 0 Å². The zero-order valence-electron chi connectivity index (χ0n) is 11.5. The van der Waals surface area contributed by atoms with Crippen molar-refractivity contribution in [3.63, 3.8) is 0 Å². The first-order valence-corrected chi connectivity index (χ1v) is 6.21. The molecule has 0 bridgehead atoms. The molecule has 0 saturated carbocycles. The minimum atomic E-state index is -0.507. The minimum absolute atomic E-state index is 0.0666. The molecule has 2 aromatic rings. The standard InChI is InChI=1S/C15H13FN2O3/c1-9-3-5-12(8-14(9)18(20)21)17-15(19)11-4-6-13(16)10(2)7-11/h3-8H,1-2H3,(H,17,19). The number of benzene rings is 2. The third kappa shape index (κ3) is 3.22. The lowest BCUT2D eigenvalue weighted by molar-refractivity contribution is -0.385. The molecule has 1 N–H and O–H groups in total. The first-order valence-electron chi connectivity index (χ1n) is 6.21. The van der Waals surface area contributed by atoms with Crippen molar-refractivity contribution in [2.24, 2.45) is 0 Å². The second kappa shape index (κ2) is 5.70. The highest BCUT2D eigenvalue weighted by molar-refractivity contribution is 6.04. The van der Waals surface area contributed by atoms with E-state index in [-0.39, 0.29) is 11.3 Å². The number of hydrogen-bond acceptors (Lipinski definition) is 3. The molecule has 21 heavy (non-hydrogen) atoms. The maximum Gasteiger partial charge on any atom is 0.274 e. The molecule has 1 amide bonds. The molecule has 0 saturated heterocycles. The summed E-state index contributed by atoms with van der Waals surface area (Å²) in [5.41, 5.74) is 1.41. The number of amides is 1. The lowest BCUT2D eigenvalue weighted by Gasteiger charge is -2.07. The van der Waals surface area contributed by atoms with Gasteiger partial charge in [0, 0.05) is 22.9 Å². The molecule has 0 aliphatic rings. The predicted octanol–water partition coefficient (Wildman–Crippen LogP) is 3.60. The number of nitrogens with zero attached hydrogens (tertiary/aromatic N) is 1. The van der Waals surface area contributed by atoms with Gasteiger partial charge in [0.2, 0.25) is 0 Å². The van der Waals surface area contributed by atoms with Crippen LogP contribution in [0.3, 0.4) is 0 Å². The highest BCUT2D eigenvalue weighted by Crippen LogP contribution is 2.22. The topological polar surface area (TPSA) is 72.2 Å². The lowest BCUT2D eigenvalue weighted by Crippen LogP contribution is -2.12. The van der Waals surface area contributed by atoms with Crippen LogP contribution in [0.4, 0.5) is 15.8 Å². The molecular formula is C15H13FN2O3. The molecule has 2 rings (SSSR count). The largest absolute Gasteiger partial charge is 0.322 e. The Bertz CT molecular complexity index is 729. The average Bonchev–Trinajstić information content (AvgIpc) is 2.43. The van der Waals surface area contributed by atoms with Crippen LogP contribution in [0.25, 0.3) is 0 Å². The lowest BCUT2D eigenvalue weighted by atomic mass is 10.1. The monoisotopic (exact) mass is 288 g/mol. The molecule has 6 heteroatoms. The minimum Gasteiger partial charge on any atom is -0.322 e. The number of nitro groups is 1. The summed E-state index contributed by atoms with van der Waals surface area (Å²) < 4.78 is 13.2. The van der Waals surface area contributed by atoms with Crippen LogP contribution in [0, 0.1) is 29.8 Å². The normalized spacial score (nSPS) is 10.2. The number of carbonyl (C=O) groups excluding carboxylic acids is 1. The van der Waals surface area contributed by atoms with Gasteiger partial charge in [0.05, 0.1) is 4.92 Å². The molecule has 0 fully saturated rings. The molecule has 0 aliphatic heterocycles. The van der Waals surface area contributed by atoms with Gasteiger partial charge in [-0.2, -0.15) is 0 Å². The maximum atomic E-state index is 13.2. The quantitative estimate of drug-likeness (QED) is 0.692. The van der Waals surface area contributed by atoms with Crippen molar-refractivity contribution in [2.75, 3.05) is 5.32 Å². The van der Waals surface area contributed by atoms with Crippen molar-refractivity contribution >= 4 is 17.3 Å². The molecule has 108 valence electrons. The molecule has 2 aromatic carbocycles. The van der Waals surface area contributed by atoms with E-state index in [0.717, 1.165) is 0 Å². The van der Waals surface area contributed by atoms with Gasteiger partial charge in [0.1, 0.15) is 5.82 Å². The first-order chi connectivity index (χ1) is 9.88. The molecule has 0 aliphatic carbocycles. The summed E-state index contributed by atoms with van der Waals surface area (Å²) in [4.78, 5) is 22.4. The Morgan fingerprint density at radius 1 is 1.14 bits per heavy atom. The van der Waals surface area contributed by atoms with E-state index in [1.54, 1.807) is 26.0 Å². The van der Waals surface area contributed by atoms with E-state index >= 15 is 0 Å². The van der Waals surface area contributed by atoms with E-state index in [0.29, 0.717) is 16.8 Å². The Kier molecular flexibility index (Phi) is 3.98. The van der Waals surface area contributed by atoms with Gasteiger partial charge in [-0.3, -0.25) is 14.9 Å². The summed E-state index contributed by atoms with van der Waals surface area (Å²) in [5.74, 6) is -0.839. The van der Waals surface area contributed by atoms with Crippen LogP contribution >= 0.6 is 0 Å². The molecule has 0 spiro atoms. The number of carbonyl (C=O) groups is 1. The molecule has 0 atom stereocenters. The van der Waals surface area contributed by atoms with Crippen molar-refractivity contribution in [3.8, 4) is 0 Å². The van der Waals surface area contributed by atoms with Crippen molar-refractivity contribution < 1.29 is 14.1 Å². The molecule has 0 aromatic heterocycles. The second-order valence-electron chi connectivity index (χ2n) is 4.68. The summed E-state index contributed by atoms with van der Waals surface area (Å²) in [5, 5.41) is 13.4. The molecule has 0 unspecified atom stereocenters. The number of anilines is 1. The second-order valence-corrected chi connectivity index (χ2v) is 4.68. The number of halogens is 1. The van der Waals surface area contributed by atoms with Gasteiger partial charge in [-0.25, -0.2) is 4.39 Å². The van der Waals surface area contributed by atoms with Crippen LogP contribution in [0.15, 0.2) is 36.4 Å². The number of rotatable bonds is 3. The van der Waals surface area contributed by atoms with E-state index < -0.39 is 16.6 Å². The third-order valence-corrected chi connectivity index (χ3v) is 3.08. The van der Waals surface area contributed by atoms with E-state index in [9.17, 15) is 19.3 Å². The zero-order chi connectivity index (χ0) is 15.6. The highest BCUT2D eigenvalue weighted by atomic mass is 19.1. The van der Waals surface area contributed by atoms with Gasteiger partial charge in [-0.05, 0) is 43.7 Å². The Morgan fingerprint density at radius 3 is 2.48 bits per heavy atom. The molecular weight excluding hydrogens is 275 g/mol. The van der Waals surface area contributed by atoms with Crippen LogP contribution in [0.2, 0.25) is 0 Å². The van der Waals surface area contributed by atoms with Gasteiger partial charge in [-0.1, -0.05) is 6.07 Å². The maximum absolute atomic E-state index is 13.2. The van der Waals surface area contributed by atoms with Gasteiger partial charge in [0.25, 0.3) is 11.6 Å². The van der Waals surface area contributed by atoms with Gasteiger partial charge < -0.3 is 5.32 Å². The number of aryl methyl sites for hydroxylation is 2.